The second kappa shape index (κ2) is 6.69. The molecule has 0 saturated carbocycles. The zero-order valence-corrected chi connectivity index (χ0v) is 12.1. The van der Waals surface area contributed by atoms with Gasteiger partial charge >= 0.3 is 0 Å². The molecule has 0 aliphatic carbocycles. The van der Waals surface area contributed by atoms with E-state index in [0.717, 1.165) is 43.0 Å². The summed E-state index contributed by atoms with van der Waals surface area (Å²) in [6.07, 6.45) is 2.06. The number of aryl methyl sites for hydroxylation is 2. The number of anilines is 1. The molecule has 0 bridgehead atoms. The highest BCUT2D eigenvalue weighted by atomic mass is 16.5. The smallest absolute Gasteiger partial charge is 0.103 e. The third-order valence-corrected chi connectivity index (χ3v) is 3.65. The zero-order chi connectivity index (χ0) is 14.5. The Kier molecular flexibility index (Phi) is 4.94. The van der Waals surface area contributed by atoms with Crippen LogP contribution in [-0.2, 0) is 4.74 Å². The summed E-state index contributed by atoms with van der Waals surface area (Å²) in [4.78, 5) is 6.59. The van der Waals surface area contributed by atoms with Crippen LogP contribution in [0.1, 0.15) is 29.8 Å². The van der Waals surface area contributed by atoms with E-state index in [-0.39, 0.29) is 12.7 Å². The summed E-state index contributed by atoms with van der Waals surface area (Å²) in [5.41, 5.74) is 3.39. The Morgan fingerprint density at radius 2 is 2.15 bits per heavy atom. The first kappa shape index (κ1) is 14.8. The highest BCUT2D eigenvalue weighted by molar-refractivity contribution is 5.61. The highest BCUT2D eigenvalue weighted by Gasteiger charge is 2.22. The summed E-state index contributed by atoms with van der Waals surface area (Å²) >= 11 is 0. The van der Waals surface area contributed by atoms with Crippen LogP contribution in [0.5, 0.6) is 0 Å². The molecule has 2 heterocycles. The van der Waals surface area contributed by atoms with E-state index >= 15 is 0 Å². The molecule has 1 aliphatic heterocycles. The van der Waals surface area contributed by atoms with E-state index in [9.17, 15) is 5.26 Å². The van der Waals surface area contributed by atoms with Crippen molar-refractivity contribution in [2.24, 2.45) is 0 Å². The van der Waals surface area contributed by atoms with Gasteiger partial charge in [0.05, 0.1) is 36.3 Å². The summed E-state index contributed by atoms with van der Waals surface area (Å²) in [6, 6.07) is 4.25. The Balaban J connectivity index is 2.09. The van der Waals surface area contributed by atoms with Gasteiger partial charge < -0.3 is 14.7 Å². The maximum absolute atomic E-state index is 9.32. The van der Waals surface area contributed by atoms with Crippen molar-refractivity contribution in [3.63, 3.8) is 0 Å². The third kappa shape index (κ3) is 3.27. The van der Waals surface area contributed by atoms with Gasteiger partial charge in [0.2, 0.25) is 0 Å². The average molecular weight is 275 g/mol. The lowest BCUT2D eigenvalue weighted by atomic mass is 10.0. The molecule has 0 spiro atoms. The van der Waals surface area contributed by atoms with Crippen molar-refractivity contribution >= 4 is 5.69 Å². The van der Waals surface area contributed by atoms with Crippen LogP contribution in [0.15, 0.2) is 6.07 Å². The van der Waals surface area contributed by atoms with Crippen molar-refractivity contribution < 1.29 is 9.84 Å². The summed E-state index contributed by atoms with van der Waals surface area (Å²) in [5, 5.41) is 18.1. The molecule has 0 unspecified atom stereocenters. The number of rotatable bonds is 4. The predicted octanol–water partition coefficient (Wildman–Crippen LogP) is 1.55. The molecule has 0 atom stereocenters. The van der Waals surface area contributed by atoms with Crippen molar-refractivity contribution in [2.45, 2.75) is 32.8 Å². The molecule has 5 heteroatoms. The Bertz CT molecular complexity index is 503. The topological polar surface area (TPSA) is 69.4 Å². The predicted molar refractivity (Wildman–Crippen MR) is 76.7 cm³/mol. The maximum Gasteiger partial charge on any atom is 0.103 e. The van der Waals surface area contributed by atoms with Crippen molar-refractivity contribution in [3.05, 3.63) is 23.0 Å². The van der Waals surface area contributed by atoms with Gasteiger partial charge in [-0.25, -0.2) is 0 Å². The number of aromatic nitrogens is 1. The Morgan fingerprint density at radius 1 is 1.45 bits per heavy atom. The molecular formula is C15H21N3O2. The number of ether oxygens (including phenoxy) is 1. The molecule has 1 aromatic rings. The largest absolute Gasteiger partial charge is 0.394 e. The standard InChI is InChI=1S/C15H21N3O2/c1-11-9-15(14(10-16)12(2)17-11)18-5-3-13(4-6-18)20-8-7-19/h9,13,19H,3-8H2,1-2H3. The van der Waals surface area contributed by atoms with Crippen LogP contribution in [0.2, 0.25) is 0 Å². The van der Waals surface area contributed by atoms with Gasteiger partial charge in [-0.15, -0.1) is 0 Å². The molecule has 2 rings (SSSR count). The van der Waals surface area contributed by atoms with Crippen LogP contribution in [-0.4, -0.2) is 42.5 Å². The molecular weight excluding hydrogens is 254 g/mol. The van der Waals surface area contributed by atoms with E-state index in [2.05, 4.69) is 16.0 Å². The van der Waals surface area contributed by atoms with E-state index in [1.807, 2.05) is 19.9 Å². The minimum atomic E-state index is 0.0710. The molecule has 1 N–H and O–H groups in total. The fourth-order valence-corrected chi connectivity index (χ4v) is 2.68. The number of nitrogens with zero attached hydrogens (tertiary/aromatic N) is 3. The lowest BCUT2D eigenvalue weighted by molar-refractivity contribution is 0.0159. The number of hydrogen-bond acceptors (Lipinski definition) is 5. The fourth-order valence-electron chi connectivity index (χ4n) is 2.68. The number of piperidine rings is 1. The highest BCUT2D eigenvalue weighted by Crippen LogP contribution is 2.27. The minimum Gasteiger partial charge on any atom is -0.394 e. The van der Waals surface area contributed by atoms with Gasteiger partial charge in [0.15, 0.2) is 0 Å². The molecule has 0 aromatic carbocycles. The Labute approximate surface area is 119 Å². The van der Waals surface area contributed by atoms with Crippen LogP contribution < -0.4 is 4.90 Å². The molecule has 1 aliphatic rings. The second-order valence-electron chi connectivity index (χ2n) is 5.14. The van der Waals surface area contributed by atoms with Crippen LogP contribution in [0, 0.1) is 25.2 Å². The SMILES string of the molecule is Cc1cc(N2CCC(OCCO)CC2)c(C#N)c(C)n1. The summed E-state index contributed by atoms with van der Waals surface area (Å²) in [5.74, 6) is 0. The maximum atomic E-state index is 9.32. The molecule has 20 heavy (non-hydrogen) atoms. The van der Waals surface area contributed by atoms with Gasteiger partial charge in [0, 0.05) is 18.8 Å². The van der Waals surface area contributed by atoms with Gasteiger partial charge in [-0.3, -0.25) is 4.98 Å². The first-order chi connectivity index (χ1) is 9.65. The first-order valence-corrected chi connectivity index (χ1v) is 7.01. The van der Waals surface area contributed by atoms with Crippen LogP contribution >= 0.6 is 0 Å². The molecule has 5 nitrogen and oxygen atoms in total. The summed E-state index contributed by atoms with van der Waals surface area (Å²) in [6.45, 7) is 6.05. The Morgan fingerprint density at radius 3 is 2.75 bits per heavy atom. The number of aliphatic hydroxyl groups excluding tert-OH is 1. The van der Waals surface area contributed by atoms with Crippen LogP contribution in [0.4, 0.5) is 5.69 Å². The number of nitriles is 1. The molecule has 108 valence electrons. The van der Waals surface area contributed by atoms with Crippen molar-refractivity contribution in [2.75, 3.05) is 31.2 Å². The lowest BCUT2D eigenvalue weighted by Gasteiger charge is -2.34. The van der Waals surface area contributed by atoms with E-state index in [1.165, 1.54) is 0 Å². The summed E-state index contributed by atoms with van der Waals surface area (Å²) < 4.78 is 5.57. The van der Waals surface area contributed by atoms with Gasteiger partial charge in [-0.1, -0.05) is 0 Å². The van der Waals surface area contributed by atoms with Gasteiger partial charge in [0.25, 0.3) is 0 Å². The summed E-state index contributed by atoms with van der Waals surface area (Å²) in [7, 11) is 0. The van der Waals surface area contributed by atoms with Crippen molar-refractivity contribution in [1.82, 2.24) is 4.98 Å². The quantitative estimate of drug-likeness (QED) is 0.902. The van der Waals surface area contributed by atoms with E-state index in [0.29, 0.717) is 12.2 Å². The van der Waals surface area contributed by atoms with E-state index in [4.69, 9.17) is 9.84 Å². The van der Waals surface area contributed by atoms with Crippen LogP contribution in [0.25, 0.3) is 0 Å². The number of hydrogen-bond donors (Lipinski definition) is 1. The molecule has 0 amide bonds. The van der Waals surface area contributed by atoms with E-state index < -0.39 is 0 Å². The lowest BCUT2D eigenvalue weighted by Crippen LogP contribution is -2.38. The third-order valence-electron chi connectivity index (χ3n) is 3.65. The van der Waals surface area contributed by atoms with Gasteiger partial charge in [0.1, 0.15) is 6.07 Å². The molecule has 1 saturated heterocycles. The minimum absolute atomic E-state index is 0.0710. The molecule has 1 fully saturated rings. The molecule has 0 radical (unpaired) electrons. The normalized spacial score (nSPS) is 16.2. The monoisotopic (exact) mass is 275 g/mol. The number of aliphatic hydroxyl groups is 1. The molecule has 1 aromatic heterocycles. The fraction of sp³-hybridized carbons (Fsp3) is 0.600. The van der Waals surface area contributed by atoms with Crippen molar-refractivity contribution in [1.29, 1.82) is 5.26 Å². The van der Waals surface area contributed by atoms with Crippen LogP contribution in [0.3, 0.4) is 0 Å². The second-order valence-corrected chi connectivity index (χ2v) is 5.14. The zero-order valence-electron chi connectivity index (χ0n) is 12.1. The average Bonchev–Trinajstić information content (AvgIpc) is 2.45. The van der Waals surface area contributed by atoms with Gasteiger partial charge in [-0.05, 0) is 32.8 Å². The van der Waals surface area contributed by atoms with Crippen molar-refractivity contribution in [3.8, 4) is 6.07 Å². The number of pyridine rings is 1. The van der Waals surface area contributed by atoms with Gasteiger partial charge in [-0.2, -0.15) is 5.26 Å². The van der Waals surface area contributed by atoms with E-state index in [1.54, 1.807) is 0 Å². The first-order valence-electron chi connectivity index (χ1n) is 7.01. The Hall–Kier alpha value is -1.64.